The van der Waals surface area contributed by atoms with Crippen LogP contribution in [0.25, 0.3) is 0 Å². The Morgan fingerprint density at radius 2 is 1.65 bits per heavy atom. The van der Waals surface area contributed by atoms with Crippen LogP contribution < -0.4 is 0 Å². The van der Waals surface area contributed by atoms with Gasteiger partial charge in [-0.05, 0) is 38.8 Å². The first-order valence-corrected chi connectivity index (χ1v) is 5.72. The van der Waals surface area contributed by atoms with Crippen LogP contribution in [0.1, 0.15) is 40.4 Å². The summed E-state index contributed by atoms with van der Waals surface area (Å²) in [6.07, 6.45) is -0.182. The van der Waals surface area contributed by atoms with Gasteiger partial charge in [-0.2, -0.15) is 0 Å². The van der Waals surface area contributed by atoms with Crippen LogP contribution >= 0.6 is 0 Å². The Morgan fingerprint density at radius 3 is 2.12 bits per heavy atom. The third-order valence-corrected chi connectivity index (χ3v) is 2.57. The van der Waals surface area contributed by atoms with E-state index in [1.165, 1.54) is 0 Å². The normalized spacial score (nSPS) is 10.1. The summed E-state index contributed by atoms with van der Waals surface area (Å²) in [5.41, 5.74) is 3.59. The molecule has 0 unspecified atom stereocenters. The molecule has 0 atom stereocenters. The van der Waals surface area contributed by atoms with Crippen molar-refractivity contribution < 1.29 is 14.3 Å². The molecule has 0 aromatic heterocycles. The predicted octanol–water partition coefficient (Wildman–Crippen LogP) is 2.75. The van der Waals surface area contributed by atoms with Crippen molar-refractivity contribution in [1.29, 1.82) is 0 Å². The van der Waals surface area contributed by atoms with Crippen molar-refractivity contribution in [1.82, 2.24) is 0 Å². The number of Topliss-reactive ketones (excluding diaryl/α,β-unsaturated/α-hetero) is 1. The number of carbonyl (C=O) groups excluding carboxylic acids is 2. The van der Waals surface area contributed by atoms with E-state index in [-0.39, 0.29) is 12.2 Å². The molecule has 0 heterocycles. The molecule has 0 aliphatic carbocycles. The molecule has 1 aromatic rings. The van der Waals surface area contributed by atoms with Crippen LogP contribution in [-0.4, -0.2) is 18.4 Å². The van der Waals surface area contributed by atoms with E-state index in [4.69, 9.17) is 4.74 Å². The largest absolute Gasteiger partial charge is 0.466 e. The molecule has 1 aromatic carbocycles. The van der Waals surface area contributed by atoms with Crippen LogP contribution in [0.4, 0.5) is 0 Å². The minimum Gasteiger partial charge on any atom is -0.466 e. The molecular weight excluding hydrogens is 216 g/mol. The Hall–Kier alpha value is -1.64. The van der Waals surface area contributed by atoms with E-state index < -0.39 is 5.97 Å². The maximum Gasteiger partial charge on any atom is 0.313 e. The first-order chi connectivity index (χ1) is 7.95. The zero-order valence-corrected chi connectivity index (χ0v) is 10.8. The summed E-state index contributed by atoms with van der Waals surface area (Å²) in [7, 11) is 0. The number of ketones is 1. The standard InChI is InChI=1S/C14H18O3/c1-5-17-13(16)8-12(15)14-10(3)6-9(2)7-11(14)4/h6-7H,5,8H2,1-4H3. The lowest BCUT2D eigenvalue weighted by Gasteiger charge is -2.09. The summed E-state index contributed by atoms with van der Waals surface area (Å²) >= 11 is 0. The highest BCUT2D eigenvalue weighted by Crippen LogP contribution is 2.18. The maximum atomic E-state index is 12.0. The Morgan fingerprint density at radius 1 is 1.12 bits per heavy atom. The number of hydrogen-bond acceptors (Lipinski definition) is 3. The Kier molecular flexibility index (Phi) is 4.44. The van der Waals surface area contributed by atoms with E-state index in [1.54, 1.807) is 6.92 Å². The van der Waals surface area contributed by atoms with Gasteiger partial charge in [0.25, 0.3) is 0 Å². The summed E-state index contributed by atoms with van der Waals surface area (Å²) in [6.45, 7) is 7.79. The fourth-order valence-electron chi connectivity index (χ4n) is 2.05. The topological polar surface area (TPSA) is 43.4 Å². The van der Waals surface area contributed by atoms with E-state index in [1.807, 2.05) is 32.9 Å². The predicted molar refractivity (Wildman–Crippen MR) is 66.2 cm³/mol. The zero-order chi connectivity index (χ0) is 13.0. The van der Waals surface area contributed by atoms with Gasteiger partial charge >= 0.3 is 5.97 Å². The van der Waals surface area contributed by atoms with Crippen molar-refractivity contribution in [2.75, 3.05) is 6.61 Å². The van der Waals surface area contributed by atoms with Gasteiger partial charge in [0.15, 0.2) is 5.78 Å². The van der Waals surface area contributed by atoms with Gasteiger partial charge in [0.05, 0.1) is 6.61 Å². The lowest BCUT2D eigenvalue weighted by molar-refractivity contribution is -0.141. The first kappa shape index (κ1) is 13.4. The van der Waals surface area contributed by atoms with Crippen LogP contribution in [0.5, 0.6) is 0 Å². The quantitative estimate of drug-likeness (QED) is 0.457. The molecule has 17 heavy (non-hydrogen) atoms. The van der Waals surface area contributed by atoms with Gasteiger partial charge in [-0.25, -0.2) is 0 Å². The maximum absolute atomic E-state index is 12.0. The Balaban J connectivity index is 2.93. The third-order valence-electron chi connectivity index (χ3n) is 2.57. The summed E-state index contributed by atoms with van der Waals surface area (Å²) < 4.78 is 4.78. The molecule has 0 aliphatic heterocycles. The molecule has 0 saturated carbocycles. The first-order valence-electron chi connectivity index (χ1n) is 5.72. The summed E-state index contributed by atoms with van der Waals surface area (Å²) in [4.78, 5) is 23.3. The zero-order valence-electron chi connectivity index (χ0n) is 10.8. The van der Waals surface area contributed by atoms with E-state index in [0.717, 1.165) is 16.7 Å². The average Bonchev–Trinajstić information content (AvgIpc) is 2.15. The number of benzene rings is 1. The van der Waals surface area contributed by atoms with E-state index >= 15 is 0 Å². The Bertz CT molecular complexity index is 424. The second kappa shape index (κ2) is 5.62. The van der Waals surface area contributed by atoms with Crippen molar-refractivity contribution in [3.63, 3.8) is 0 Å². The summed E-state index contributed by atoms with van der Waals surface area (Å²) in [5.74, 6) is -0.629. The van der Waals surface area contributed by atoms with Gasteiger partial charge in [0, 0.05) is 5.56 Å². The van der Waals surface area contributed by atoms with Crippen molar-refractivity contribution in [2.24, 2.45) is 0 Å². The molecule has 3 nitrogen and oxygen atoms in total. The fourth-order valence-corrected chi connectivity index (χ4v) is 2.05. The smallest absolute Gasteiger partial charge is 0.313 e. The van der Waals surface area contributed by atoms with Crippen LogP contribution in [-0.2, 0) is 9.53 Å². The number of ether oxygens (including phenoxy) is 1. The molecule has 0 N–H and O–H groups in total. The van der Waals surface area contributed by atoms with E-state index in [9.17, 15) is 9.59 Å². The lowest BCUT2D eigenvalue weighted by atomic mass is 9.95. The second-order valence-corrected chi connectivity index (χ2v) is 4.18. The lowest BCUT2D eigenvalue weighted by Crippen LogP contribution is -2.13. The second-order valence-electron chi connectivity index (χ2n) is 4.18. The molecule has 0 aliphatic rings. The highest BCUT2D eigenvalue weighted by atomic mass is 16.5. The molecule has 0 amide bonds. The average molecular weight is 234 g/mol. The van der Waals surface area contributed by atoms with Crippen LogP contribution in [0.2, 0.25) is 0 Å². The van der Waals surface area contributed by atoms with Gasteiger partial charge in [0.1, 0.15) is 6.42 Å². The highest BCUT2D eigenvalue weighted by Gasteiger charge is 2.16. The molecule has 3 heteroatoms. The SMILES string of the molecule is CCOC(=O)CC(=O)c1c(C)cc(C)cc1C. The number of aryl methyl sites for hydroxylation is 3. The van der Waals surface area contributed by atoms with E-state index in [2.05, 4.69) is 0 Å². The molecule has 92 valence electrons. The Labute approximate surface area is 102 Å². The summed E-state index contributed by atoms with van der Waals surface area (Å²) in [5, 5.41) is 0. The van der Waals surface area contributed by atoms with Crippen LogP contribution in [0.3, 0.4) is 0 Å². The fraction of sp³-hybridized carbons (Fsp3) is 0.429. The minimum absolute atomic E-state index is 0.168. The molecule has 1 rings (SSSR count). The van der Waals surface area contributed by atoms with Crippen LogP contribution in [0, 0.1) is 20.8 Å². The molecule has 0 saturated heterocycles. The monoisotopic (exact) mass is 234 g/mol. The van der Waals surface area contributed by atoms with E-state index in [0.29, 0.717) is 12.2 Å². The van der Waals surface area contributed by atoms with Gasteiger partial charge in [-0.3, -0.25) is 9.59 Å². The number of esters is 1. The van der Waals surface area contributed by atoms with Crippen molar-refractivity contribution in [2.45, 2.75) is 34.1 Å². The molecule has 0 spiro atoms. The molecule has 0 radical (unpaired) electrons. The molecule has 0 fully saturated rings. The molecule has 0 bridgehead atoms. The van der Waals surface area contributed by atoms with Crippen molar-refractivity contribution in [3.05, 3.63) is 34.4 Å². The number of hydrogen-bond donors (Lipinski definition) is 0. The van der Waals surface area contributed by atoms with Gasteiger partial charge < -0.3 is 4.74 Å². The third kappa shape index (κ3) is 3.41. The number of rotatable bonds is 4. The van der Waals surface area contributed by atoms with Gasteiger partial charge in [-0.15, -0.1) is 0 Å². The van der Waals surface area contributed by atoms with Crippen molar-refractivity contribution in [3.8, 4) is 0 Å². The number of carbonyl (C=O) groups is 2. The highest BCUT2D eigenvalue weighted by molar-refractivity contribution is 6.07. The van der Waals surface area contributed by atoms with Crippen LogP contribution in [0.15, 0.2) is 12.1 Å². The summed E-state index contributed by atoms with van der Waals surface area (Å²) in [6, 6.07) is 3.90. The van der Waals surface area contributed by atoms with Crippen molar-refractivity contribution >= 4 is 11.8 Å². The van der Waals surface area contributed by atoms with Gasteiger partial charge in [-0.1, -0.05) is 17.7 Å². The van der Waals surface area contributed by atoms with Gasteiger partial charge in [0.2, 0.25) is 0 Å². The molecular formula is C14H18O3. The minimum atomic E-state index is -0.461.